The van der Waals surface area contributed by atoms with Gasteiger partial charge in [-0.05, 0) is 6.42 Å². The van der Waals surface area contributed by atoms with Crippen molar-refractivity contribution in [2.75, 3.05) is 13.7 Å². The molecular weight excluding hydrogens is 274 g/mol. The number of ether oxygens (including phenoxy) is 2. The maximum atomic E-state index is 11.4. The highest BCUT2D eigenvalue weighted by Crippen LogP contribution is 2.33. The van der Waals surface area contributed by atoms with E-state index >= 15 is 0 Å². The SMILES string of the molecule is CCCCOc1cc(Cl)c(C(=O)OC)cc1[N+](=O)[O-]. The van der Waals surface area contributed by atoms with E-state index in [4.69, 9.17) is 16.3 Å². The van der Waals surface area contributed by atoms with E-state index in [1.54, 1.807) is 0 Å². The number of benzene rings is 1. The number of carbonyl (C=O) groups excluding carboxylic acids is 1. The van der Waals surface area contributed by atoms with Gasteiger partial charge in [0.2, 0.25) is 0 Å². The summed E-state index contributed by atoms with van der Waals surface area (Å²) in [4.78, 5) is 21.7. The number of methoxy groups -OCH3 is 1. The first-order chi connectivity index (χ1) is 9.01. The van der Waals surface area contributed by atoms with Crippen LogP contribution in [0.4, 0.5) is 5.69 Å². The third-order valence-electron chi connectivity index (χ3n) is 2.41. The minimum atomic E-state index is -0.729. The highest BCUT2D eigenvalue weighted by atomic mass is 35.5. The first-order valence-corrected chi connectivity index (χ1v) is 6.08. The third-order valence-corrected chi connectivity index (χ3v) is 2.72. The molecular formula is C12H14ClNO5. The van der Waals surface area contributed by atoms with Gasteiger partial charge in [0.15, 0.2) is 5.75 Å². The lowest BCUT2D eigenvalue weighted by Crippen LogP contribution is -2.06. The fourth-order valence-corrected chi connectivity index (χ4v) is 1.63. The first-order valence-electron chi connectivity index (χ1n) is 5.70. The summed E-state index contributed by atoms with van der Waals surface area (Å²) >= 11 is 5.89. The van der Waals surface area contributed by atoms with Crippen LogP contribution in [0.1, 0.15) is 30.1 Å². The van der Waals surface area contributed by atoms with E-state index in [1.807, 2.05) is 6.92 Å². The Labute approximate surface area is 115 Å². The molecule has 0 fully saturated rings. The Morgan fingerprint density at radius 3 is 2.68 bits per heavy atom. The van der Waals surface area contributed by atoms with Gasteiger partial charge in [-0.2, -0.15) is 0 Å². The molecule has 0 spiro atoms. The summed E-state index contributed by atoms with van der Waals surface area (Å²) in [6.45, 7) is 2.33. The number of nitro benzene ring substituents is 1. The quantitative estimate of drug-likeness (QED) is 0.347. The molecule has 7 heteroatoms. The van der Waals surface area contributed by atoms with Crippen molar-refractivity contribution in [2.24, 2.45) is 0 Å². The van der Waals surface area contributed by atoms with E-state index in [9.17, 15) is 14.9 Å². The van der Waals surface area contributed by atoms with Crippen molar-refractivity contribution in [3.05, 3.63) is 32.8 Å². The van der Waals surface area contributed by atoms with E-state index in [0.29, 0.717) is 6.61 Å². The number of rotatable bonds is 6. The normalized spacial score (nSPS) is 10.1. The summed E-state index contributed by atoms with van der Waals surface area (Å²) in [6.07, 6.45) is 1.68. The van der Waals surface area contributed by atoms with Gasteiger partial charge in [-0.3, -0.25) is 10.1 Å². The van der Waals surface area contributed by atoms with Crippen LogP contribution in [-0.2, 0) is 4.74 Å². The average molecular weight is 288 g/mol. The minimum Gasteiger partial charge on any atom is -0.487 e. The molecule has 0 atom stereocenters. The lowest BCUT2D eigenvalue weighted by Gasteiger charge is -2.08. The van der Waals surface area contributed by atoms with Crippen molar-refractivity contribution in [1.82, 2.24) is 0 Å². The van der Waals surface area contributed by atoms with Crippen LogP contribution in [0, 0.1) is 10.1 Å². The molecule has 0 aliphatic carbocycles. The van der Waals surface area contributed by atoms with Crippen LogP contribution in [0.3, 0.4) is 0 Å². The summed E-state index contributed by atoms with van der Waals surface area (Å²) in [5.74, 6) is -0.677. The predicted molar refractivity (Wildman–Crippen MR) is 69.8 cm³/mol. The molecule has 0 amide bonds. The van der Waals surface area contributed by atoms with Crippen LogP contribution in [0.2, 0.25) is 5.02 Å². The van der Waals surface area contributed by atoms with E-state index in [1.165, 1.54) is 13.2 Å². The number of unbranched alkanes of at least 4 members (excludes halogenated alkanes) is 1. The summed E-state index contributed by atoms with van der Waals surface area (Å²) in [5.41, 5.74) is -0.361. The van der Waals surface area contributed by atoms with Crippen molar-refractivity contribution in [3.8, 4) is 5.75 Å². The molecule has 0 N–H and O–H groups in total. The van der Waals surface area contributed by atoms with Crippen molar-refractivity contribution in [2.45, 2.75) is 19.8 Å². The molecule has 1 rings (SSSR count). The molecule has 19 heavy (non-hydrogen) atoms. The van der Waals surface area contributed by atoms with Gasteiger partial charge in [0.05, 0.1) is 29.2 Å². The van der Waals surface area contributed by atoms with Gasteiger partial charge >= 0.3 is 11.7 Å². The van der Waals surface area contributed by atoms with Crippen LogP contribution >= 0.6 is 11.6 Å². The zero-order valence-electron chi connectivity index (χ0n) is 10.6. The van der Waals surface area contributed by atoms with Crippen LogP contribution in [0.25, 0.3) is 0 Å². The molecule has 0 saturated heterocycles. The monoisotopic (exact) mass is 287 g/mol. The molecule has 0 heterocycles. The van der Waals surface area contributed by atoms with Gasteiger partial charge < -0.3 is 9.47 Å². The Bertz CT molecular complexity index is 489. The van der Waals surface area contributed by atoms with Crippen molar-refractivity contribution in [3.63, 3.8) is 0 Å². The second-order valence-corrected chi connectivity index (χ2v) is 4.16. The molecule has 0 aliphatic rings. The van der Waals surface area contributed by atoms with E-state index < -0.39 is 10.9 Å². The largest absolute Gasteiger partial charge is 0.487 e. The van der Waals surface area contributed by atoms with Gasteiger partial charge in [0.1, 0.15) is 0 Å². The molecule has 0 unspecified atom stereocenters. The number of hydrogen-bond acceptors (Lipinski definition) is 5. The second-order valence-electron chi connectivity index (χ2n) is 3.75. The second kappa shape index (κ2) is 6.94. The highest BCUT2D eigenvalue weighted by molar-refractivity contribution is 6.33. The summed E-state index contributed by atoms with van der Waals surface area (Å²) in [5, 5.41) is 11.0. The van der Waals surface area contributed by atoms with Gasteiger partial charge in [-0.1, -0.05) is 24.9 Å². The van der Waals surface area contributed by atoms with Gasteiger partial charge in [0, 0.05) is 12.1 Å². The molecule has 0 aliphatic heterocycles. The Morgan fingerprint density at radius 2 is 2.16 bits per heavy atom. The minimum absolute atomic E-state index is 0.0519. The van der Waals surface area contributed by atoms with Crippen LogP contribution < -0.4 is 4.74 Å². The Kier molecular flexibility index (Phi) is 5.57. The highest BCUT2D eigenvalue weighted by Gasteiger charge is 2.22. The summed E-state index contributed by atoms with van der Waals surface area (Å²) in [7, 11) is 1.18. The number of halogens is 1. The van der Waals surface area contributed by atoms with Gasteiger partial charge in [-0.15, -0.1) is 0 Å². The summed E-state index contributed by atoms with van der Waals surface area (Å²) < 4.78 is 9.81. The molecule has 0 saturated carbocycles. The topological polar surface area (TPSA) is 78.7 Å². The standard InChI is InChI=1S/C12H14ClNO5/c1-3-4-5-19-11-7-9(13)8(12(15)18-2)6-10(11)14(16)17/h6-7H,3-5H2,1-2H3. The Balaban J connectivity index is 3.14. The zero-order chi connectivity index (χ0) is 14.4. The molecule has 0 radical (unpaired) electrons. The number of nitro groups is 1. The smallest absolute Gasteiger partial charge is 0.339 e. The van der Waals surface area contributed by atoms with E-state index in [0.717, 1.165) is 18.9 Å². The maximum absolute atomic E-state index is 11.4. The zero-order valence-corrected chi connectivity index (χ0v) is 11.4. The third kappa shape index (κ3) is 3.82. The Morgan fingerprint density at radius 1 is 1.47 bits per heavy atom. The summed E-state index contributed by atoms with van der Waals surface area (Å²) in [6, 6.07) is 2.33. The molecule has 0 bridgehead atoms. The fourth-order valence-electron chi connectivity index (χ4n) is 1.39. The first kappa shape index (κ1) is 15.2. The lowest BCUT2D eigenvalue weighted by molar-refractivity contribution is -0.385. The van der Waals surface area contributed by atoms with Crippen molar-refractivity contribution < 1.29 is 19.2 Å². The predicted octanol–water partition coefficient (Wildman–Crippen LogP) is 3.21. The molecule has 6 nitrogen and oxygen atoms in total. The van der Waals surface area contributed by atoms with E-state index in [-0.39, 0.29) is 22.0 Å². The average Bonchev–Trinajstić information content (AvgIpc) is 2.38. The molecule has 1 aromatic rings. The van der Waals surface area contributed by atoms with Crippen LogP contribution in [0.15, 0.2) is 12.1 Å². The van der Waals surface area contributed by atoms with Crippen LogP contribution in [0.5, 0.6) is 5.75 Å². The number of esters is 1. The van der Waals surface area contributed by atoms with Crippen molar-refractivity contribution in [1.29, 1.82) is 0 Å². The number of hydrogen-bond donors (Lipinski definition) is 0. The fraction of sp³-hybridized carbons (Fsp3) is 0.417. The van der Waals surface area contributed by atoms with Crippen molar-refractivity contribution >= 4 is 23.3 Å². The van der Waals surface area contributed by atoms with Gasteiger partial charge in [0.25, 0.3) is 0 Å². The Hall–Kier alpha value is -1.82. The van der Waals surface area contributed by atoms with E-state index in [2.05, 4.69) is 4.74 Å². The molecule has 0 aromatic heterocycles. The maximum Gasteiger partial charge on any atom is 0.339 e. The lowest BCUT2D eigenvalue weighted by atomic mass is 10.2. The number of carbonyl (C=O) groups is 1. The van der Waals surface area contributed by atoms with Gasteiger partial charge in [-0.25, -0.2) is 4.79 Å². The number of nitrogens with zero attached hydrogens (tertiary/aromatic N) is 1. The van der Waals surface area contributed by atoms with Crippen LogP contribution in [-0.4, -0.2) is 24.6 Å². The molecule has 1 aromatic carbocycles. The molecule has 104 valence electrons.